The Hall–Kier alpha value is -1.79. The molecule has 0 unspecified atom stereocenters. The van der Waals surface area contributed by atoms with Crippen molar-refractivity contribution in [3.05, 3.63) is 42.0 Å². The number of hydrogen-bond acceptors (Lipinski definition) is 3. The second-order valence-electron chi connectivity index (χ2n) is 6.25. The predicted octanol–water partition coefficient (Wildman–Crippen LogP) is 4.14. The number of ether oxygens (including phenoxy) is 1. The largest absolute Gasteiger partial charge is 0.494 e. The van der Waals surface area contributed by atoms with Crippen LogP contribution < -0.4 is 10.1 Å². The minimum Gasteiger partial charge on any atom is -0.494 e. The average Bonchev–Trinajstić information content (AvgIpc) is 2.60. The maximum Gasteiger partial charge on any atom is 0.390 e. The van der Waals surface area contributed by atoms with Gasteiger partial charge in [-0.05, 0) is 23.8 Å². The maximum atomic E-state index is 13.4. The summed E-state index contributed by atoms with van der Waals surface area (Å²) < 4.78 is 45.9. The number of piperazine rings is 1. The van der Waals surface area contributed by atoms with Crippen molar-refractivity contribution in [2.45, 2.75) is 25.6 Å². The molecule has 6 heteroatoms. The van der Waals surface area contributed by atoms with Crippen LogP contribution in [-0.2, 0) is 0 Å². The van der Waals surface area contributed by atoms with Gasteiger partial charge in [0, 0.05) is 37.8 Å². The molecule has 2 aromatic rings. The van der Waals surface area contributed by atoms with E-state index in [4.69, 9.17) is 4.74 Å². The van der Waals surface area contributed by atoms with Crippen LogP contribution >= 0.6 is 0 Å². The van der Waals surface area contributed by atoms with E-state index in [1.807, 2.05) is 42.2 Å². The van der Waals surface area contributed by atoms with Crippen molar-refractivity contribution in [3.8, 4) is 5.75 Å². The molecule has 1 N–H and O–H groups in total. The van der Waals surface area contributed by atoms with E-state index in [-0.39, 0.29) is 0 Å². The Morgan fingerprint density at radius 2 is 1.84 bits per heavy atom. The van der Waals surface area contributed by atoms with E-state index >= 15 is 0 Å². The molecule has 0 amide bonds. The van der Waals surface area contributed by atoms with Crippen molar-refractivity contribution in [3.63, 3.8) is 0 Å². The highest BCUT2D eigenvalue weighted by Crippen LogP contribution is 2.41. The van der Waals surface area contributed by atoms with E-state index in [9.17, 15) is 13.2 Å². The first-order chi connectivity index (χ1) is 12.0. The van der Waals surface area contributed by atoms with Gasteiger partial charge in [-0.2, -0.15) is 13.2 Å². The van der Waals surface area contributed by atoms with Gasteiger partial charge in [0.05, 0.1) is 13.0 Å². The molecule has 136 valence electrons. The summed E-state index contributed by atoms with van der Waals surface area (Å²) in [6, 6.07) is 10.5. The summed E-state index contributed by atoms with van der Waals surface area (Å²) in [6.07, 6.45) is -5.11. The molecule has 3 nitrogen and oxygen atoms in total. The van der Waals surface area contributed by atoms with E-state index in [0.29, 0.717) is 44.1 Å². The van der Waals surface area contributed by atoms with Gasteiger partial charge in [-0.3, -0.25) is 4.90 Å². The molecule has 1 aliphatic heterocycles. The zero-order valence-electron chi connectivity index (χ0n) is 14.3. The number of rotatable bonds is 5. The first-order valence-corrected chi connectivity index (χ1v) is 8.65. The summed E-state index contributed by atoms with van der Waals surface area (Å²) >= 11 is 0. The van der Waals surface area contributed by atoms with Crippen molar-refractivity contribution in [2.75, 3.05) is 32.8 Å². The van der Waals surface area contributed by atoms with E-state index in [1.54, 1.807) is 6.07 Å². The number of nitrogens with zero attached hydrogens (tertiary/aromatic N) is 1. The van der Waals surface area contributed by atoms with Gasteiger partial charge in [-0.25, -0.2) is 0 Å². The standard InChI is InChI=1S/C19H23F3N2O/c1-2-25-17-8-7-14-5-3-4-6-15(14)18(17)16(13-19(20,21)22)24-11-9-23-10-12-24/h3-8,16,23H,2,9-13H2,1H3/t16-/m1/s1. The summed E-state index contributed by atoms with van der Waals surface area (Å²) in [5.74, 6) is 0.550. The molecule has 1 atom stereocenters. The monoisotopic (exact) mass is 352 g/mol. The summed E-state index contributed by atoms with van der Waals surface area (Å²) in [6.45, 7) is 4.85. The third kappa shape index (κ3) is 4.25. The normalized spacial score (nSPS) is 17.6. The minimum absolute atomic E-state index is 0.422. The van der Waals surface area contributed by atoms with Crippen molar-refractivity contribution in [2.24, 2.45) is 0 Å². The fraction of sp³-hybridized carbons (Fsp3) is 0.474. The molecular weight excluding hydrogens is 329 g/mol. The molecule has 0 bridgehead atoms. The Balaban J connectivity index is 2.13. The molecule has 0 aromatic heterocycles. The Labute approximate surface area is 145 Å². The van der Waals surface area contributed by atoms with Crippen LogP contribution in [0.2, 0.25) is 0 Å². The smallest absolute Gasteiger partial charge is 0.390 e. The van der Waals surface area contributed by atoms with E-state index < -0.39 is 18.6 Å². The molecule has 3 rings (SSSR count). The summed E-state index contributed by atoms with van der Waals surface area (Å²) in [4.78, 5) is 1.92. The lowest BCUT2D eigenvalue weighted by molar-refractivity contribution is -0.148. The van der Waals surface area contributed by atoms with Crippen LogP contribution in [0.5, 0.6) is 5.75 Å². The Morgan fingerprint density at radius 3 is 2.52 bits per heavy atom. The van der Waals surface area contributed by atoms with Crippen LogP contribution in [0, 0.1) is 0 Å². The highest BCUT2D eigenvalue weighted by atomic mass is 19.4. The van der Waals surface area contributed by atoms with Gasteiger partial charge < -0.3 is 10.1 Å². The number of nitrogens with one attached hydrogen (secondary N) is 1. The molecule has 0 saturated carbocycles. The lowest BCUT2D eigenvalue weighted by Crippen LogP contribution is -2.46. The SMILES string of the molecule is CCOc1ccc2ccccc2c1[C@@H](CC(F)(F)F)N1CCNCC1. The topological polar surface area (TPSA) is 24.5 Å². The van der Waals surface area contributed by atoms with Gasteiger partial charge in [-0.1, -0.05) is 30.3 Å². The van der Waals surface area contributed by atoms with Crippen LogP contribution in [0.15, 0.2) is 36.4 Å². The van der Waals surface area contributed by atoms with Crippen LogP contribution in [0.4, 0.5) is 13.2 Å². The first-order valence-electron chi connectivity index (χ1n) is 8.65. The molecular formula is C19H23F3N2O. The number of benzene rings is 2. The van der Waals surface area contributed by atoms with E-state index in [0.717, 1.165) is 10.8 Å². The molecule has 0 radical (unpaired) electrons. The van der Waals surface area contributed by atoms with Gasteiger partial charge in [0.25, 0.3) is 0 Å². The maximum absolute atomic E-state index is 13.4. The number of halogens is 3. The van der Waals surface area contributed by atoms with Crippen LogP contribution in [0.3, 0.4) is 0 Å². The lowest BCUT2D eigenvalue weighted by atomic mass is 9.93. The summed E-state index contributed by atoms with van der Waals surface area (Å²) in [5.41, 5.74) is 0.652. The predicted molar refractivity (Wildman–Crippen MR) is 93.0 cm³/mol. The fourth-order valence-corrected chi connectivity index (χ4v) is 3.53. The highest BCUT2D eigenvalue weighted by molar-refractivity contribution is 5.88. The summed E-state index contributed by atoms with van der Waals surface area (Å²) in [7, 11) is 0. The lowest BCUT2D eigenvalue weighted by Gasteiger charge is -2.36. The van der Waals surface area contributed by atoms with Gasteiger partial charge in [0.2, 0.25) is 0 Å². The number of fused-ring (bicyclic) bond motifs is 1. The van der Waals surface area contributed by atoms with Crippen molar-refractivity contribution < 1.29 is 17.9 Å². The molecule has 1 aliphatic rings. The third-order valence-corrected chi connectivity index (χ3v) is 4.58. The van der Waals surface area contributed by atoms with Gasteiger partial charge >= 0.3 is 6.18 Å². The Bertz CT molecular complexity index is 711. The average molecular weight is 352 g/mol. The summed E-state index contributed by atoms with van der Waals surface area (Å²) in [5, 5.41) is 4.97. The van der Waals surface area contributed by atoms with Gasteiger partial charge in [0.15, 0.2) is 0 Å². The molecule has 1 fully saturated rings. The molecule has 2 aromatic carbocycles. The van der Waals surface area contributed by atoms with Crippen molar-refractivity contribution >= 4 is 10.8 Å². The van der Waals surface area contributed by atoms with Crippen molar-refractivity contribution in [1.82, 2.24) is 10.2 Å². The highest BCUT2D eigenvalue weighted by Gasteiger charge is 2.38. The molecule has 1 saturated heterocycles. The molecule has 0 aliphatic carbocycles. The molecule has 0 spiro atoms. The van der Waals surface area contributed by atoms with Gasteiger partial charge in [-0.15, -0.1) is 0 Å². The third-order valence-electron chi connectivity index (χ3n) is 4.58. The van der Waals surface area contributed by atoms with Crippen LogP contribution in [0.25, 0.3) is 10.8 Å². The van der Waals surface area contributed by atoms with Crippen molar-refractivity contribution in [1.29, 1.82) is 0 Å². The van der Waals surface area contributed by atoms with Crippen LogP contribution in [0.1, 0.15) is 24.9 Å². The van der Waals surface area contributed by atoms with E-state index in [2.05, 4.69) is 5.32 Å². The Morgan fingerprint density at radius 1 is 1.12 bits per heavy atom. The van der Waals surface area contributed by atoms with E-state index in [1.165, 1.54) is 0 Å². The quantitative estimate of drug-likeness (QED) is 0.875. The minimum atomic E-state index is -4.24. The Kier molecular flexibility index (Phi) is 5.49. The number of hydrogen-bond donors (Lipinski definition) is 1. The molecule has 25 heavy (non-hydrogen) atoms. The second kappa shape index (κ2) is 7.62. The fourth-order valence-electron chi connectivity index (χ4n) is 3.53. The first kappa shape index (κ1) is 18.0. The zero-order chi connectivity index (χ0) is 17.9. The number of alkyl halides is 3. The van der Waals surface area contributed by atoms with Crippen LogP contribution in [-0.4, -0.2) is 43.9 Å². The zero-order valence-corrected chi connectivity index (χ0v) is 14.3. The van der Waals surface area contributed by atoms with Gasteiger partial charge in [0.1, 0.15) is 5.75 Å². The molecule has 1 heterocycles. The second-order valence-corrected chi connectivity index (χ2v) is 6.25.